The number of carboxylic acid groups (broad SMARTS) is 1. The number of likely N-dealkylation sites (tertiary alicyclic amines) is 1. The van der Waals surface area contributed by atoms with Crippen LogP contribution in [0.1, 0.15) is 44.9 Å². The Morgan fingerprint density at radius 2 is 1.79 bits per heavy atom. The minimum atomic E-state index is -0.787. The number of carbonyl (C=O) groups excluding carboxylic acids is 1. The molecule has 5 heteroatoms. The van der Waals surface area contributed by atoms with Crippen LogP contribution >= 0.6 is 0 Å². The van der Waals surface area contributed by atoms with E-state index in [1.807, 2.05) is 4.90 Å². The molecule has 1 saturated heterocycles. The fourth-order valence-electron chi connectivity index (χ4n) is 3.32. The zero-order valence-electron chi connectivity index (χ0n) is 11.3. The summed E-state index contributed by atoms with van der Waals surface area (Å²) in [7, 11) is 0. The molecule has 3 unspecified atom stereocenters. The van der Waals surface area contributed by atoms with Crippen molar-refractivity contribution in [2.75, 3.05) is 13.2 Å². The molecule has 1 saturated carbocycles. The number of aliphatic hydroxyl groups excluding tert-OH is 1. The van der Waals surface area contributed by atoms with Gasteiger partial charge in [-0.3, -0.25) is 9.59 Å². The van der Waals surface area contributed by atoms with Crippen LogP contribution in [0.3, 0.4) is 0 Å². The number of rotatable bonds is 3. The largest absolute Gasteiger partial charge is 0.481 e. The van der Waals surface area contributed by atoms with Crippen molar-refractivity contribution >= 4 is 11.9 Å². The molecule has 0 spiro atoms. The molecule has 1 heterocycles. The summed E-state index contributed by atoms with van der Waals surface area (Å²) < 4.78 is 0. The maximum Gasteiger partial charge on any atom is 0.306 e. The van der Waals surface area contributed by atoms with Gasteiger partial charge in [-0.05, 0) is 32.1 Å². The molecule has 2 rings (SSSR count). The number of carboxylic acids is 1. The van der Waals surface area contributed by atoms with Crippen molar-refractivity contribution in [3.63, 3.8) is 0 Å². The maximum atomic E-state index is 12.5. The predicted octanol–water partition coefficient (Wildman–Crippen LogP) is 1.25. The lowest BCUT2D eigenvalue weighted by Gasteiger charge is -2.31. The second-order valence-electron chi connectivity index (χ2n) is 5.76. The third kappa shape index (κ3) is 3.26. The van der Waals surface area contributed by atoms with Gasteiger partial charge in [0.25, 0.3) is 0 Å². The Kier molecular flexibility index (Phi) is 4.80. The Hall–Kier alpha value is -1.10. The lowest BCUT2D eigenvalue weighted by Crippen LogP contribution is -2.44. The molecule has 19 heavy (non-hydrogen) atoms. The molecule has 3 atom stereocenters. The van der Waals surface area contributed by atoms with E-state index in [2.05, 4.69) is 0 Å². The van der Waals surface area contributed by atoms with Crippen LogP contribution in [0, 0.1) is 11.8 Å². The van der Waals surface area contributed by atoms with E-state index in [1.54, 1.807) is 0 Å². The number of hydrogen-bond acceptors (Lipinski definition) is 3. The number of aliphatic hydroxyl groups is 1. The van der Waals surface area contributed by atoms with E-state index in [4.69, 9.17) is 5.11 Å². The first-order valence-electron chi connectivity index (χ1n) is 7.27. The predicted molar refractivity (Wildman–Crippen MR) is 69.5 cm³/mol. The number of carbonyl (C=O) groups is 2. The molecule has 2 aliphatic rings. The van der Waals surface area contributed by atoms with Crippen LogP contribution in [0.2, 0.25) is 0 Å². The fraction of sp³-hybridized carbons (Fsp3) is 0.857. The van der Waals surface area contributed by atoms with Crippen molar-refractivity contribution in [1.29, 1.82) is 0 Å². The van der Waals surface area contributed by atoms with E-state index >= 15 is 0 Å². The summed E-state index contributed by atoms with van der Waals surface area (Å²) in [4.78, 5) is 25.3. The van der Waals surface area contributed by atoms with E-state index < -0.39 is 5.97 Å². The van der Waals surface area contributed by atoms with Crippen LogP contribution in [0.4, 0.5) is 0 Å². The highest BCUT2D eigenvalue weighted by Gasteiger charge is 2.37. The Morgan fingerprint density at radius 3 is 2.42 bits per heavy atom. The van der Waals surface area contributed by atoms with E-state index in [1.165, 1.54) is 0 Å². The monoisotopic (exact) mass is 269 g/mol. The van der Waals surface area contributed by atoms with Gasteiger partial charge in [-0.2, -0.15) is 0 Å². The molecule has 1 amide bonds. The number of amides is 1. The normalized spacial score (nSPS) is 32.1. The summed E-state index contributed by atoms with van der Waals surface area (Å²) in [6.07, 6.45) is 5.73. The summed E-state index contributed by atoms with van der Waals surface area (Å²) in [6, 6.07) is -0.0705. The molecule has 1 aliphatic heterocycles. The number of hydrogen-bond donors (Lipinski definition) is 2. The molecule has 0 aromatic rings. The fourth-order valence-corrected chi connectivity index (χ4v) is 3.32. The van der Waals surface area contributed by atoms with Gasteiger partial charge in [0, 0.05) is 12.5 Å². The van der Waals surface area contributed by atoms with Gasteiger partial charge >= 0.3 is 5.97 Å². The van der Waals surface area contributed by atoms with Crippen LogP contribution in [-0.4, -0.2) is 46.2 Å². The molecule has 0 radical (unpaired) electrons. The van der Waals surface area contributed by atoms with E-state index in [0.29, 0.717) is 25.8 Å². The topological polar surface area (TPSA) is 77.8 Å². The van der Waals surface area contributed by atoms with Gasteiger partial charge in [0.2, 0.25) is 5.91 Å². The quantitative estimate of drug-likeness (QED) is 0.808. The van der Waals surface area contributed by atoms with Crippen molar-refractivity contribution in [2.24, 2.45) is 11.8 Å². The van der Waals surface area contributed by atoms with E-state index in [-0.39, 0.29) is 30.4 Å². The van der Waals surface area contributed by atoms with Gasteiger partial charge in [-0.25, -0.2) is 0 Å². The molecular formula is C14H23NO4. The van der Waals surface area contributed by atoms with Crippen molar-refractivity contribution in [3.8, 4) is 0 Å². The first-order valence-corrected chi connectivity index (χ1v) is 7.27. The first-order chi connectivity index (χ1) is 9.13. The van der Waals surface area contributed by atoms with Gasteiger partial charge in [0.15, 0.2) is 0 Å². The zero-order chi connectivity index (χ0) is 13.8. The van der Waals surface area contributed by atoms with Crippen LogP contribution < -0.4 is 0 Å². The summed E-state index contributed by atoms with van der Waals surface area (Å²) in [5.41, 5.74) is 0. The van der Waals surface area contributed by atoms with Crippen molar-refractivity contribution < 1.29 is 19.8 Å². The molecule has 1 aliphatic carbocycles. The lowest BCUT2D eigenvalue weighted by atomic mass is 10.0. The van der Waals surface area contributed by atoms with Gasteiger partial charge in [0.1, 0.15) is 0 Å². The summed E-state index contributed by atoms with van der Waals surface area (Å²) in [5, 5.41) is 18.4. The SMILES string of the molecule is O=C(O)C1CCC(C(=O)N2CCCCCC2CO)C1. The highest BCUT2D eigenvalue weighted by Crippen LogP contribution is 2.33. The molecule has 108 valence electrons. The highest BCUT2D eigenvalue weighted by molar-refractivity contribution is 5.81. The highest BCUT2D eigenvalue weighted by atomic mass is 16.4. The van der Waals surface area contributed by atoms with Gasteiger partial charge < -0.3 is 15.1 Å². The molecular weight excluding hydrogens is 246 g/mol. The van der Waals surface area contributed by atoms with Crippen LogP contribution in [0.25, 0.3) is 0 Å². The van der Waals surface area contributed by atoms with Crippen molar-refractivity contribution in [3.05, 3.63) is 0 Å². The second-order valence-corrected chi connectivity index (χ2v) is 5.76. The van der Waals surface area contributed by atoms with Crippen molar-refractivity contribution in [1.82, 2.24) is 4.90 Å². The Morgan fingerprint density at radius 1 is 1.05 bits per heavy atom. The third-order valence-electron chi connectivity index (χ3n) is 4.50. The molecule has 2 fully saturated rings. The van der Waals surface area contributed by atoms with Gasteiger partial charge in [-0.1, -0.05) is 12.8 Å². The number of nitrogens with zero attached hydrogens (tertiary/aromatic N) is 1. The molecule has 2 N–H and O–H groups in total. The standard InChI is InChI=1S/C14H23NO4/c16-9-12-4-2-1-3-7-15(12)13(17)10-5-6-11(8-10)14(18)19/h10-12,16H,1-9H2,(H,18,19). The van der Waals surface area contributed by atoms with Gasteiger partial charge in [-0.15, -0.1) is 0 Å². The lowest BCUT2D eigenvalue weighted by molar-refractivity contribution is -0.142. The molecule has 5 nitrogen and oxygen atoms in total. The third-order valence-corrected chi connectivity index (χ3v) is 4.50. The minimum absolute atomic E-state index is 0.0147. The van der Waals surface area contributed by atoms with Crippen molar-refractivity contribution in [2.45, 2.75) is 51.0 Å². The Bertz CT molecular complexity index is 344. The zero-order valence-corrected chi connectivity index (χ0v) is 11.3. The van der Waals surface area contributed by atoms with Crippen LogP contribution in [-0.2, 0) is 9.59 Å². The average Bonchev–Trinajstić information content (AvgIpc) is 2.77. The summed E-state index contributed by atoms with van der Waals surface area (Å²) in [6.45, 7) is 0.721. The minimum Gasteiger partial charge on any atom is -0.481 e. The Balaban J connectivity index is 1.99. The molecule has 0 aromatic heterocycles. The summed E-state index contributed by atoms with van der Waals surface area (Å²) >= 11 is 0. The van der Waals surface area contributed by atoms with E-state index in [0.717, 1.165) is 25.7 Å². The molecule has 0 aromatic carbocycles. The summed E-state index contributed by atoms with van der Waals surface area (Å²) in [5.74, 6) is -1.25. The average molecular weight is 269 g/mol. The van der Waals surface area contributed by atoms with Crippen LogP contribution in [0.5, 0.6) is 0 Å². The van der Waals surface area contributed by atoms with Crippen LogP contribution in [0.15, 0.2) is 0 Å². The maximum absolute atomic E-state index is 12.5. The van der Waals surface area contributed by atoms with Gasteiger partial charge in [0.05, 0.1) is 18.6 Å². The smallest absolute Gasteiger partial charge is 0.306 e. The molecule has 0 bridgehead atoms. The first kappa shape index (κ1) is 14.3. The van der Waals surface area contributed by atoms with E-state index in [9.17, 15) is 14.7 Å². The second kappa shape index (κ2) is 6.37. The Labute approximate surface area is 113 Å². The number of aliphatic carboxylic acids is 1.